The van der Waals surface area contributed by atoms with Crippen LogP contribution >= 0.6 is 0 Å². The normalized spacial score (nSPS) is 10.0. The lowest BCUT2D eigenvalue weighted by atomic mass is 10.2. The quantitative estimate of drug-likeness (QED) is 0.854. The molecule has 5 heteroatoms. The third-order valence-electron chi connectivity index (χ3n) is 2.47. The Morgan fingerprint density at radius 2 is 1.89 bits per heavy atom. The Balaban J connectivity index is 2.29. The highest BCUT2D eigenvalue weighted by atomic mass is 16.2. The third kappa shape index (κ3) is 2.76. The van der Waals surface area contributed by atoms with Crippen molar-refractivity contribution in [3.05, 3.63) is 64.6 Å². The van der Waals surface area contributed by atoms with Crippen molar-refractivity contribution in [1.29, 1.82) is 0 Å². The lowest BCUT2D eigenvalue weighted by Crippen LogP contribution is -2.28. The lowest BCUT2D eigenvalue weighted by molar-refractivity contribution is 0.259. The number of primary amides is 1. The van der Waals surface area contributed by atoms with E-state index in [9.17, 15) is 9.59 Å². The van der Waals surface area contributed by atoms with Crippen LogP contribution in [-0.4, -0.2) is 10.6 Å². The van der Waals surface area contributed by atoms with Gasteiger partial charge in [0.25, 0.3) is 5.56 Å². The number of urea groups is 1. The first-order chi connectivity index (χ1) is 8.66. The molecule has 0 radical (unpaired) electrons. The lowest BCUT2D eigenvalue weighted by Gasteiger charge is -2.08. The van der Waals surface area contributed by atoms with Crippen molar-refractivity contribution in [2.75, 3.05) is 5.32 Å². The molecule has 0 spiro atoms. The highest BCUT2D eigenvalue weighted by Gasteiger charge is 2.04. The minimum absolute atomic E-state index is 0.181. The maximum absolute atomic E-state index is 12.0. The molecule has 0 aliphatic rings. The molecular formula is C13H13N3O2. The van der Waals surface area contributed by atoms with E-state index in [4.69, 9.17) is 5.73 Å². The van der Waals surface area contributed by atoms with Gasteiger partial charge in [-0.2, -0.15) is 0 Å². The van der Waals surface area contributed by atoms with Crippen LogP contribution in [0.5, 0.6) is 0 Å². The second-order valence-electron chi connectivity index (χ2n) is 3.83. The molecule has 1 aromatic carbocycles. The number of rotatable bonds is 3. The number of hydrogen-bond donors (Lipinski definition) is 2. The van der Waals surface area contributed by atoms with E-state index in [1.807, 2.05) is 30.3 Å². The first kappa shape index (κ1) is 11.9. The number of benzene rings is 1. The molecule has 0 aliphatic heterocycles. The minimum Gasteiger partial charge on any atom is -0.351 e. The van der Waals surface area contributed by atoms with Crippen molar-refractivity contribution in [3.8, 4) is 0 Å². The highest BCUT2D eigenvalue weighted by molar-refractivity contribution is 5.87. The van der Waals surface area contributed by atoms with E-state index in [1.165, 1.54) is 10.6 Å². The number of anilines is 1. The molecule has 2 aromatic rings. The summed E-state index contributed by atoms with van der Waals surface area (Å²) in [5.74, 6) is 0. The van der Waals surface area contributed by atoms with Gasteiger partial charge in [-0.25, -0.2) is 4.79 Å². The summed E-state index contributed by atoms with van der Waals surface area (Å²) in [7, 11) is 0. The van der Waals surface area contributed by atoms with Crippen LogP contribution in [-0.2, 0) is 6.54 Å². The summed E-state index contributed by atoms with van der Waals surface area (Å²) in [6, 6.07) is 12.1. The molecule has 0 bridgehead atoms. The second-order valence-corrected chi connectivity index (χ2v) is 3.83. The molecule has 1 aromatic heterocycles. The predicted octanol–water partition coefficient (Wildman–Crippen LogP) is 1.39. The van der Waals surface area contributed by atoms with E-state index < -0.39 is 6.03 Å². The first-order valence-electron chi connectivity index (χ1n) is 5.46. The zero-order chi connectivity index (χ0) is 13.0. The molecule has 0 saturated carbocycles. The fraction of sp³-hybridized carbons (Fsp3) is 0.0769. The van der Waals surface area contributed by atoms with Crippen LogP contribution in [0, 0.1) is 0 Å². The average Bonchev–Trinajstić information content (AvgIpc) is 2.35. The summed E-state index contributed by atoms with van der Waals surface area (Å²) in [6.45, 7) is 0.452. The molecule has 5 nitrogen and oxygen atoms in total. The molecular weight excluding hydrogens is 230 g/mol. The Morgan fingerprint density at radius 3 is 2.56 bits per heavy atom. The zero-order valence-electron chi connectivity index (χ0n) is 9.67. The topological polar surface area (TPSA) is 77.1 Å². The second kappa shape index (κ2) is 5.18. The van der Waals surface area contributed by atoms with Crippen molar-refractivity contribution < 1.29 is 4.79 Å². The smallest absolute Gasteiger partial charge is 0.316 e. The summed E-state index contributed by atoms with van der Waals surface area (Å²) in [5, 5.41) is 2.30. The molecule has 3 N–H and O–H groups in total. The van der Waals surface area contributed by atoms with Gasteiger partial charge in [-0.15, -0.1) is 0 Å². The van der Waals surface area contributed by atoms with Crippen molar-refractivity contribution in [2.24, 2.45) is 5.73 Å². The molecule has 0 fully saturated rings. The third-order valence-corrected chi connectivity index (χ3v) is 2.47. The average molecular weight is 243 g/mol. The van der Waals surface area contributed by atoms with Crippen LogP contribution in [0.2, 0.25) is 0 Å². The summed E-state index contributed by atoms with van der Waals surface area (Å²) in [4.78, 5) is 22.8. The number of hydrogen-bond acceptors (Lipinski definition) is 2. The summed E-state index contributed by atoms with van der Waals surface area (Å²) < 4.78 is 1.51. The maximum Gasteiger partial charge on any atom is 0.316 e. The fourth-order valence-corrected chi connectivity index (χ4v) is 1.67. The monoisotopic (exact) mass is 243 g/mol. The largest absolute Gasteiger partial charge is 0.351 e. The van der Waals surface area contributed by atoms with Gasteiger partial charge in [0, 0.05) is 6.20 Å². The molecule has 1 heterocycles. The number of pyridine rings is 1. The molecule has 2 amide bonds. The van der Waals surface area contributed by atoms with Gasteiger partial charge in [0.15, 0.2) is 0 Å². The Bertz CT molecular complexity index is 605. The predicted molar refractivity (Wildman–Crippen MR) is 69.5 cm³/mol. The first-order valence-corrected chi connectivity index (χ1v) is 5.46. The van der Waals surface area contributed by atoms with Gasteiger partial charge in [0.2, 0.25) is 0 Å². The zero-order valence-corrected chi connectivity index (χ0v) is 9.67. The van der Waals surface area contributed by atoms with Crippen LogP contribution in [0.4, 0.5) is 10.5 Å². The van der Waals surface area contributed by atoms with E-state index in [2.05, 4.69) is 5.32 Å². The molecule has 92 valence electrons. The number of aromatic nitrogens is 1. The van der Waals surface area contributed by atoms with Crippen molar-refractivity contribution in [1.82, 2.24) is 4.57 Å². The van der Waals surface area contributed by atoms with E-state index in [-0.39, 0.29) is 11.2 Å². The number of carbonyl (C=O) groups excluding carboxylic acids is 1. The highest BCUT2D eigenvalue weighted by Crippen LogP contribution is 2.03. The van der Waals surface area contributed by atoms with Crippen LogP contribution in [0.25, 0.3) is 0 Å². The van der Waals surface area contributed by atoms with Gasteiger partial charge >= 0.3 is 6.03 Å². The Hall–Kier alpha value is -2.56. The summed E-state index contributed by atoms with van der Waals surface area (Å²) in [5.41, 5.74) is 5.91. The van der Waals surface area contributed by atoms with E-state index >= 15 is 0 Å². The van der Waals surface area contributed by atoms with Gasteiger partial charge in [-0.05, 0) is 17.7 Å². The van der Waals surface area contributed by atoms with Crippen molar-refractivity contribution in [3.63, 3.8) is 0 Å². The molecule has 0 saturated heterocycles. The number of nitrogens with two attached hydrogens (primary N) is 1. The number of carbonyl (C=O) groups is 1. The molecule has 0 atom stereocenters. The van der Waals surface area contributed by atoms with Gasteiger partial charge in [-0.1, -0.05) is 30.3 Å². The molecule has 0 aliphatic carbocycles. The van der Waals surface area contributed by atoms with Gasteiger partial charge < -0.3 is 15.6 Å². The standard InChI is InChI=1S/C13H13N3O2/c14-13(18)15-11-7-4-8-16(12(11)17)9-10-5-2-1-3-6-10/h1-8H,9H2,(H3,14,15,18). The van der Waals surface area contributed by atoms with Crippen LogP contribution in [0.1, 0.15) is 5.56 Å². The van der Waals surface area contributed by atoms with Crippen LogP contribution < -0.4 is 16.6 Å². The number of nitrogens with zero attached hydrogens (tertiary/aromatic N) is 1. The van der Waals surface area contributed by atoms with Gasteiger partial charge in [0.1, 0.15) is 5.69 Å². The van der Waals surface area contributed by atoms with E-state index in [1.54, 1.807) is 12.3 Å². The summed E-state index contributed by atoms with van der Waals surface area (Å²) in [6.07, 6.45) is 1.67. The molecule has 18 heavy (non-hydrogen) atoms. The van der Waals surface area contributed by atoms with Crippen LogP contribution in [0.3, 0.4) is 0 Å². The molecule has 2 rings (SSSR count). The fourth-order valence-electron chi connectivity index (χ4n) is 1.67. The van der Waals surface area contributed by atoms with Crippen molar-refractivity contribution >= 4 is 11.7 Å². The maximum atomic E-state index is 12.0. The van der Waals surface area contributed by atoms with Gasteiger partial charge in [0.05, 0.1) is 6.54 Å². The molecule has 0 unspecified atom stereocenters. The van der Waals surface area contributed by atoms with E-state index in [0.29, 0.717) is 6.54 Å². The van der Waals surface area contributed by atoms with Crippen molar-refractivity contribution in [2.45, 2.75) is 6.54 Å². The van der Waals surface area contributed by atoms with E-state index in [0.717, 1.165) is 5.56 Å². The Morgan fingerprint density at radius 1 is 1.17 bits per heavy atom. The summed E-state index contributed by atoms with van der Waals surface area (Å²) >= 11 is 0. The number of amides is 2. The number of nitrogens with one attached hydrogen (secondary N) is 1. The van der Waals surface area contributed by atoms with Crippen LogP contribution in [0.15, 0.2) is 53.5 Å². The van der Waals surface area contributed by atoms with Gasteiger partial charge in [-0.3, -0.25) is 4.79 Å². The minimum atomic E-state index is -0.746. The Labute approximate surface area is 104 Å². The Kier molecular flexibility index (Phi) is 3.43. The SMILES string of the molecule is NC(=O)Nc1cccn(Cc2ccccc2)c1=O.